The van der Waals surface area contributed by atoms with Crippen LogP contribution in [0.1, 0.15) is 18.1 Å². The van der Waals surface area contributed by atoms with Crippen LogP contribution in [0, 0.1) is 0 Å². The van der Waals surface area contributed by atoms with Crippen LogP contribution < -0.4 is 24.3 Å². The van der Waals surface area contributed by atoms with Crippen molar-refractivity contribution in [2.24, 2.45) is 0 Å². The normalized spacial score (nSPS) is 10.6. The number of carbonyl (C=O) groups excluding carboxylic acids is 1. The van der Waals surface area contributed by atoms with Crippen LogP contribution in [0.3, 0.4) is 0 Å². The SMILES string of the molecule is CCOc1c(Cl)cc(/C=C/C(=O)NCc2cc(OC)ccc2OC)cc1OC. The molecule has 6 nitrogen and oxygen atoms in total. The number of halogens is 1. The summed E-state index contributed by atoms with van der Waals surface area (Å²) in [5.74, 6) is 2.10. The molecule has 0 aliphatic heterocycles. The summed E-state index contributed by atoms with van der Waals surface area (Å²) >= 11 is 6.25. The zero-order chi connectivity index (χ0) is 20.5. The van der Waals surface area contributed by atoms with Gasteiger partial charge >= 0.3 is 0 Å². The molecule has 0 unspecified atom stereocenters. The van der Waals surface area contributed by atoms with E-state index in [1.807, 2.05) is 13.0 Å². The first-order valence-corrected chi connectivity index (χ1v) is 9.07. The maximum absolute atomic E-state index is 12.2. The van der Waals surface area contributed by atoms with Crippen molar-refractivity contribution in [3.63, 3.8) is 0 Å². The molecular formula is C21H24ClNO5. The molecule has 150 valence electrons. The van der Waals surface area contributed by atoms with Crippen LogP contribution in [0.15, 0.2) is 36.4 Å². The lowest BCUT2D eigenvalue weighted by molar-refractivity contribution is -0.116. The summed E-state index contributed by atoms with van der Waals surface area (Å²) in [6.45, 7) is 2.64. The Bertz CT molecular complexity index is 851. The molecule has 0 aliphatic carbocycles. The van der Waals surface area contributed by atoms with Gasteiger partial charge in [0.15, 0.2) is 11.5 Å². The molecule has 1 N–H and O–H groups in total. The molecule has 7 heteroatoms. The second-order valence-corrected chi connectivity index (χ2v) is 6.10. The topological polar surface area (TPSA) is 66.0 Å². The van der Waals surface area contributed by atoms with E-state index in [0.29, 0.717) is 41.2 Å². The standard InChI is InChI=1S/C21H24ClNO5/c1-5-28-21-17(22)10-14(11-19(21)27-4)6-9-20(24)23-13-15-12-16(25-2)7-8-18(15)26-3/h6-12H,5,13H2,1-4H3,(H,23,24)/b9-6+. The molecule has 0 fully saturated rings. The summed E-state index contributed by atoms with van der Waals surface area (Å²) < 4.78 is 21.3. The highest BCUT2D eigenvalue weighted by molar-refractivity contribution is 6.32. The predicted molar refractivity (Wildman–Crippen MR) is 110 cm³/mol. The molecule has 0 heterocycles. The number of rotatable bonds is 9. The van der Waals surface area contributed by atoms with Crippen LogP contribution in [-0.4, -0.2) is 33.8 Å². The molecule has 2 rings (SSSR count). The van der Waals surface area contributed by atoms with Gasteiger partial charge in [-0.2, -0.15) is 0 Å². The molecule has 0 saturated carbocycles. The molecule has 0 atom stereocenters. The maximum atomic E-state index is 12.2. The number of methoxy groups -OCH3 is 3. The highest BCUT2D eigenvalue weighted by Gasteiger charge is 2.11. The van der Waals surface area contributed by atoms with Crippen molar-refractivity contribution < 1.29 is 23.7 Å². The molecule has 0 saturated heterocycles. The molecule has 1 amide bonds. The minimum Gasteiger partial charge on any atom is -0.497 e. The predicted octanol–water partition coefficient (Wildman–Crippen LogP) is 4.09. The molecule has 0 bridgehead atoms. The van der Waals surface area contributed by atoms with Crippen LogP contribution in [0.25, 0.3) is 6.08 Å². The highest BCUT2D eigenvalue weighted by atomic mass is 35.5. The number of hydrogen-bond acceptors (Lipinski definition) is 5. The second-order valence-electron chi connectivity index (χ2n) is 5.70. The lowest BCUT2D eigenvalue weighted by Crippen LogP contribution is -2.20. The number of hydrogen-bond donors (Lipinski definition) is 1. The monoisotopic (exact) mass is 405 g/mol. The number of carbonyl (C=O) groups is 1. The molecule has 28 heavy (non-hydrogen) atoms. The van der Waals surface area contributed by atoms with Gasteiger partial charge in [0, 0.05) is 18.2 Å². The Morgan fingerprint density at radius 1 is 1.07 bits per heavy atom. The summed E-state index contributed by atoms with van der Waals surface area (Å²) in [5.41, 5.74) is 1.54. The number of nitrogens with one attached hydrogen (secondary N) is 1. The van der Waals surface area contributed by atoms with Gasteiger partial charge in [-0.15, -0.1) is 0 Å². The van der Waals surface area contributed by atoms with E-state index >= 15 is 0 Å². The molecule has 0 radical (unpaired) electrons. The first kappa shape index (κ1) is 21.4. The van der Waals surface area contributed by atoms with Gasteiger partial charge < -0.3 is 24.3 Å². The van der Waals surface area contributed by atoms with Crippen molar-refractivity contribution in [2.45, 2.75) is 13.5 Å². The van der Waals surface area contributed by atoms with Crippen LogP contribution in [0.5, 0.6) is 23.0 Å². The summed E-state index contributed by atoms with van der Waals surface area (Å²) in [4.78, 5) is 12.2. The van der Waals surface area contributed by atoms with Gasteiger partial charge in [-0.25, -0.2) is 0 Å². The molecule has 2 aromatic carbocycles. The van der Waals surface area contributed by atoms with Gasteiger partial charge in [-0.05, 0) is 48.9 Å². The molecule has 0 spiro atoms. The minimum absolute atomic E-state index is 0.256. The third-order valence-electron chi connectivity index (χ3n) is 3.91. The van der Waals surface area contributed by atoms with Gasteiger partial charge in [0.2, 0.25) is 5.91 Å². The highest BCUT2D eigenvalue weighted by Crippen LogP contribution is 2.36. The van der Waals surface area contributed by atoms with E-state index in [0.717, 1.165) is 11.1 Å². The summed E-state index contributed by atoms with van der Waals surface area (Å²) in [7, 11) is 4.70. The maximum Gasteiger partial charge on any atom is 0.244 e. The van der Waals surface area contributed by atoms with E-state index in [9.17, 15) is 4.79 Å². The lowest BCUT2D eigenvalue weighted by atomic mass is 10.1. The second kappa shape index (κ2) is 10.5. The number of ether oxygens (including phenoxy) is 4. The molecular weight excluding hydrogens is 382 g/mol. The molecule has 2 aromatic rings. The average molecular weight is 406 g/mol. The van der Waals surface area contributed by atoms with Crippen LogP contribution >= 0.6 is 11.6 Å². The van der Waals surface area contributed by atoms with Crippen LogP contribution in [-0.2, 0) is 11.3 Å². The average Bonchev–Trinajstić information content (AvgIpc) is 2.71. The van der Waals surface area contributed by atoms with Gasteiger partial charge in [-0.1, -0.05) is 11.6 Å². The zero-order valence-electron chi connectivity index (χ0n) is 16.4. The quantitative estimate of drug-likeness (QED) is 0.636. The lowest BCUT2D eigenvalue weighted by Gasteiger charge is -2.12. The first-order chi connectivity index (χ1) is 13.5. The number of amides is 1. The Morgan fingerprint density at radius 2 is 1.82 bits per heavy atom. The van der Waals surface area contributed by atoms with Gasteiger partial charge in [-0.3, -0.25) is 4.79 Å². The smallest absolute Gasteiger partial charge is 0.244 e. The van der Waals surface area contributed by atoms with Crippen molar-refractivity contribution in [2.75, 3.05) is 27.9 Å². The summed E-state index contributed by atoms with van der Waals surface area (Å²) in [5, 5.41) is 3.24. The van der Waals surface area contributed by atoms with Crippen LogP contribution in [0.2, 0.25) is 5.02 Å². The van der Waals surface area contributed by atoms with Crippen molar-refractivity contribution >= 4 is 23.6 Å². The van der Waals surface area contributed by atoms with Gasteiger partial charge in [0.25, 0.3) is 0 Å². The Balaban J connectivity index is 2.07. The summed E-state index contributed by atoms with van der Waals surface area (Å²) in [6.07, 6.45) is 3.08. The zero-order valence-corrected chi connectivity index (χ0v) is 17.1. The molecule has 0 aromatic heterocycles. The Morgan fingerprint density at radius 3 is 2.46 bits per heavy atom. The third kappa shape index (κ3) is 5.57. The van der Waals surface area contributed by atoms with Crippen molar-refractivity contribution in [3.8, 4) is 23.0 Å². The van der Waals surface area contributed by atoms with Gasteiger partial charge in [0.1, 0.15) is 11.5 Å². The Kier molecular flexibility index (Phi) is 8.02. The van der Waals surface area contributed by atoms with Crippen molar-refractivity contribution in [1.29, 1.82) is 0 Å². The summed E-state index contributed by atoms with van der Waals surface area (Å²) in [6, 6.07) is 8.88. The van der Waals surface area contributed by atoms with E-state index in [-0.39, 0.29) is 5.91 Å². The number of benzene rings is 2. The fraction of sp³-hybridized carbons (Fsp3) is 0.286. The van der Waals surface area contributed by atoms with Crippen molar-refractivity contribution in [1.82, 2.24) is 5.32 Å². The van der Waals surface area contributed by atoms with E-state index < -0.39 is 0 Å². The fourth-order valence-corrected chi connectivity index (χ4v) is 2.83. The van der Waals surface area contributed by atoms with Crippen molar-refractivity contribution in [3.05, 3.63) is 52.6 Å². The fourth-order valence-electron chi connectivity index (χ4n) is 2.55. The largest absolute Gasteiger partial charge is 0.497 e. The van der Waals surface area contributed by atoms with E-state index in [1.54, 1.807) is 44.6 Å². The molecule has 0 aliphatic rings. The van der Waals surface area contributed by atoms with E-state index in [1.165, 1.54) is 13.2 Å². The Hall–Kier alpha value is -2.86. The third-order valence-corrected chi connectivity index (χ3v) is 4.19. The van der Waals surface area contributed by atoms with E-state index in [4.69, 9.17) is 30.5 Å². The Labute approximate surface area is 170 Å². The first-order valence-electron chi connectivity index (χ1n) is 8.69. The van der Waals surface area contributed by atoms with Crippen LogP contribution in [0.4, 0.5) is 0 Å². The van der Waals surface area contributed by atoms with E-state index in [2.05, 4.69) is 5.32 Å². The van der Waals surface area contributed by atoms with Gasteiger partial charge in [0.05, 0.1) is 33.0 Å². The minimum atomic E-state index is -0.256.